The summed E-state index contributed by atoms with van der Waals surface area (Å²) in [5.41, 5.74) is 1.08. The van der Waals surface area contributed by atoms with Crippen LogP contribution in [0.25, 0.3) is 0 Å². The third-order valence-corrected chi connectivity index (χ3v) is 3.56. The Morgan fingerprint density at radius 3 is 2.91 bits per heavy atom. The van der Waals surface area contributed by atoms with Crippen molar-refractivity contribution in [3.05, 3.63) is 22.2 Å². The first-order chi connectivity index (χ1) is 10.1. The predicted octanol–water partition coefficient (Wildman–Crippen LogP) is 2.50. The van der Waals surface area contributed by atoms with E-state index in [1.807, 2.05) is 19.1 Å². The molecule has 1 aliphatic heterocycles. The number of aliphatic imine (C=N–C) groups is 1. The van der Waals surface area contributed by atoms with Gasteiger partial charge in [-0.3, -0.25) is 4.99 Å². The molecule has 1 atom stereocenters. The van der Waals surface area contributed by atoms with E-state index in [2.05, 4.69) is 31.6 Å². The van der Waals surface area contributed by atoms with Gasteiger partial charge < -0.3 is 24.8 Å². The van der Waals surface area contributed by atoms with E-state index in [4.69, 9.17) is 14.2 Å². The second-order valence-corrected chi connectivity index (χ2v) is 5.59. The van der Waals surface area contributed by atoms with Crippen molar-refractivity contribution in [2.75, 3.05) is 27.6 Å². The topological polar surface area (TPSA) is 64.1 Å². The Morgan fingerprint density at radius 1 is 1.45 bits per heavy atom. The number of fused-ring (bicyclic) bond motifs is 1. The van der Waals surface area contributed by atoms with Crippen LogP contribution in [0, 0.1) is 0 Å². The number of hydrogen-bond acceptors (Lipinski definition) is 4. The second-order valence-electron chi connectivity index (χ2n) is 4.74. The van der Waals surface area contributed by atoms with Gasteiger partial charge in [0.25, 0.3) is 0 Å². The summed E-state index contributed by atoms with van der Waals surface area (Å²) < 4.78 is 16.8. The highest BCUT2D eigenvalue weighted by Crippen LogP contribution is 2.39. The third kappa shape index (κ3) is 5.17. The molecule has 1 aromatic rings. The number of benzene rings is 1. The fourth-order valence-corrected chi connectivity index (χ4v) is 2.63. The lowest BCUT2D eigenvalue weighted by Crippen LogP contribution is -2.43. The molecule has 0 saturated heterocycles. The molecule has 1 aromatic carbocycles. The van der Waals surface area contributed by atoms with Gasteiger partial charge in [0.15, 0.2) is 17.5 Å². The van der Waals surface area contributed by atoms with E-state index in [1.165, 1.54) is 0 Å². The first-order valence-electron chi connectivity index (χ1n) is 6.68. The summed E-state index contributed by atoms with van der Waals surface area (Å²) in [5.74, 6) is 2.25. The Morgan fingerprint density at radius 2 is 2.23 bits per heavy atom. The van der Waals surface area contributed by atoms with Crippen molar-refractivity contribution in [2.24, 2.45) is 4.99 Å². The van der Waals surface area contributed by atoms with E-state index in [9.17, 15) is 0 Å². The van der Waals surface area contributed by atoms with Crippen LogP contribution in [0.2, 0.25) is 0 Å². The van der Waals surface area contributed by atoms with Gasteiger partial charge in [-0.1, -0.05) is 0 Å². The molecule has 0 amide bonds. The molecule has 22 heavy (non-hydrogen) atoms. The van der Waals surface area contributed by atoms with Gasteiger partial charge in [-0.15, -0.1) is 24.0 Å². The SMILES string of the molecule is CN=C(NCc1cc(Br)c2c(c1)OCO2)NC(C)COC.I. The molecule has 6 nitrogen and oxygen atoms in total. The van der Waals surface area contributed by atoms with E-state index in [0.29, 0.717) is 13.2 Å². The summed E-state index contributed by atoms with van der Waals surface area (Å²) in [4.78, 5) is 4.19. The maximum absolute atomic E-state index is 5.41. The maximum Gasteiger partial charge on any atom is 0.231 e. The van der Waals surface area contributed by atoms with Gasteiger partial charge in [0.2, 0.25) is 6.79 Å². The Labute approximate surface area is 156 Å². The van der Waals surface area contributed by atoms with Crippen LogP contribution in [-0.4, -0.2) is 39.6 Å². The number of hydrogen-bond donors (Lipinski definition) is 2. The molecule has 2 N–H and O–H groups in total. The second kappa shape index (κ2) is 9.41. The number of nitrogens with one attached hydrogen (secondary N) is 2. The Hall–Kier alpha value is -0.740. The number of halogens is 2. The highest BCUT2D eigenvalue weighted by atomic mass is 127. The molecule has 0 fully saturated rings. The molecule has 0 radical (unpaired) electrons. The van der Waals surface area contributed by atoms with Crippen molar-refractivity contribution in [1.82, 2.24) is 10.6 Å². The third-order valence-electron chi connectivity index (χ3n) is 2.97. The lowest BCUT2D eigenvalue weighted by Gasteiger charge is -2.17. The fraction of sp³-hybridized carbons (Fsp3) is 0.500. The van der Waals surface area contributed by atoms with E-state index < -0.39 is 0 Å². The van der Waals surface area contributed by atoms with Crippen molar-refractivity contribution in [3.8, 4) is 11.5 Å². The number of guanidine groups is 1. The molecule has 2 rings (SSSR count). The molecule has 0 aliphatic carbocycles. The van der Waals surface area contributed by atoms with E-state index in [1.54, 1.807) is 14.2 Å². The summed E-state index contributed by atoms with van der Waals surface area (Å²) in [7, 11) is 3.42. The monoisotopic (exact) mass is 485 g/mol. The smallest absolute Gasteiger partial charge is 0.231 e. The van der Waals surface area contributed by atoms with Gasteiger partial charge in [-0.05, 0) is 40.5 Å². The molecular weight excluding hydrogens is 465 g/mol. The minimum absolute atomic E-state index is 0. The number of methoxy groups -OCH3 is 1. The van der Waals surface area contributed by atoms with Gasteiger partial charge >= 0.3 is 0 Å². The minimum atomic E-state index is 0. The van der Waals surface area contributed by atoms with Crippen LogP contribution >= 0.6 is 39.9 Å². The largest absolute Gasteiger partial charge is 0.454 e. The number of rotatable bonds is 5. The summed E-state index contributed by atoms with van der Waals surface area (Å²) in [6.07, 6.45) is 0. The van der Waals surface area contributed by atoms with E-state index in [-0.39, 0.29) is 36.8 Å². The zero-order valence-corrected chi connectivity index (χ0v) is 16.7. The lowest BCUT2D eigenvalue weighted by atomic mass is 10.2. The van der Waals surface area contributed by atoms with Gasteiger partial charge in [0, 0.05) is 26.7 Å². The quantitative estimate of drug-likeness (QED) is 0.381. The van der Waals surface area contributed by atoms with Crippen molar-refractivity contribution in [2.45, 2.75) is 19.5 Å². The molecule has 1 unspecified atom stereocenters. The molecular formula is C14H21BrIN3O3. The van der Waals surface area contributed by atoms with Crippen LogP contribution in [0.4, 0.5) is 0 Å². The van der Waals surface area contributed by atoms with Crippen LogP contribution in [0.1, 0.15) is 12.5 Å². The van der Waals surface area contributed by atoms with Crippen LogP contribution in [0.15, 0.2) is 21.6 Å². The summed E-state index contributed by atoms with van der Waals surface area (Å²) in [5, 5.41) is 6.51. The Kier molecular flexibility index (Phi) is 8.26. The van der Waals surface area contributed by atoms with Crippen molar-refractivity contribution >= 4 is 45.9 Å². The molecule has 1 aliphatic rings. The van der Waals surface area contributed by atoms with E-state index in [0.717, 1.165) is 27.5 Å². The highest BCUT2D eigenvalue weighted by Gasteiger charge is 2.18. The van der Waals surface area contributed by atoms with Crippen LogP contribution in [-0.2, 0) is 11.3 Å². The zero-order valence-electron chi connectivity index (χ0n) is 12.8. The molecule has 1 heterocycles. The predicted molar refractivity (Wildman–Crippen MR) is 100 cm³/mol. The number of ether oxygens (including phenoxy) is 3. The Balaban J connectivity index is 0.00000242. The van der Waals surface area contributed by atoms with Crippen LogP contribution < -0.4 is 20.1 Å². The summed E-state index contributed by atoms with van der Waals surface area (Å²) in [6.45, 7) is 3.56. The van der Waals surface area contributed by atoms with Crippen molar-refractivity contribution in [3.63, 3.8) is 0 Å². The molecule has 0 aromatic heterocycles. The highest BCUT2D eigenvalue weighted by molar-refractivity contribution is 14.0. The molecule has 124 valence electrons. The minimum Gasteiger partial charge on any atom is -0.454 e. The molecule has 0 saturated carbocycles. The molecule has 8 heteroatoms. The standard InChI is InChI=1S/C14H20BrN3O3.HI/c1-9(7-19-3)18-14(16-2)17-6-10-4-11(15)13-12(5-10)20-8-21-13;/h4-5,9H,6-8H2,1-3H3,(H2,16,17,18);1H. The first-order valence-corrected chi connectivity index (χ1v) is 7.47. The van der Waals surface area contributed by atoms with Gasteiger partial charge in [-0.2, -0.15) is 0 Å². The van der Waals surface area contributed by atoms with Gasteiger partial charge in [0.1, 0.15) is 0 Å². The van der Waals surface area contributed by atoms with Crippen LogP contribution in [0.5, 0.6) is 11.5 Å². The summed E-state index contributed by atoms with van der Waals surface area (Å²) >= 11 is 3.49. The summed E-state index contributed by atoms with van der Waals surface area (Å²) in [6, 6.07) is 4.16. The van der Waals surface area contributed by atoms with E-state index >= 15 is 0 Å². The van der Waals surface area contributed by atoms with Crippen LogP contribution in [0.3, 0.4) is 0 Å². The average molecular weight is 486 g/mol. The van der Waals surface area contributed by atoms with Crippen molar-refractivity contribution in [1.29, 1.82) is 0 Å². The molecule has 0 bridgehead atoms. The van der Waals surface area contributed by atoms with Gasteiger partial charge in [0.05, 0.1) is 11.1 Å². The van der Waals surface area contributed by atoms with Gasteiger partial charge in [-0.25, -0.2) is 0 Å². The zero-order chi connectivity index (χ0) is 15.2. The number of nitrogens with zero attached hydrogens (tertiary/aromatic N) is 1. The average Bonchev–Trinajstić information content (AvgIpc) is 2.92. The first kappa shape index (κ1) is 19.3. The maximum atomic E-state index is 5.41. The lowest BCUT2D eigenvalue weighted by molar-refractivity contribution is 0.173. The van der Waals surface area contributed by atoms with Crippen molar-refractivity contribution < 1.29 is 14.2 Å². The normalized spacial score (nSPS) is 14.3. The molecule has 0 spiro atoms. The fourth-order valence-electron chi connectivity index (χ4n) is 2.03. The Bertz CT molecular complexity index is 528.